The SMILES string of the molecule is CCn1nc(C)cc1C(=O)NCC(=O)Nc1cccc(CN2CCOCC2)c1. The summed E-state index contributed by atoms with van der Waals surface area (Å²) in [6, 6.07) is 9.49. The van der Waals surface area contributed by atoms with Gasteiger partial charge in [-0.25, -0.2) is 0 Å². The predicted molar refractivity (Wildman–Crippen MR) is 106 cm³/mol. The number of nitrogens with zero attached hydrogens (tertiary/aromatic N) is 3. The fourth-order valence-corrected chi connectivity index (χ4v) is 3.19. The summed E-state index contributed by atoms with van der Waals surface area (Å²) in [6.07, 6.45) is 0. The number of anilines is 1. The Hall–Kier alpha value is -2.71. The number of rotatable bonds is 7. The van der Waals surface area contributed by atoms with E-state index in [-0.39, 0.29) is 18.4 Å². The molecule has 1 aliphatic heterocycles. The van der Waals surface area contributed by atoms with E-state index in [9.17, 15) is 9.59 Å². The number of hydrogen-bond donors (Lipinski definition) is 2. The van der Waals surface area contributed by atoms with Gasteiger partial charge in [0.15, 0.2) is 0 Å². The van der Waals surface area contributed by atoms with Crippen LogP contribution >= 0.6 is 0 Å². The van der Waals surface area contributed by atoms with E-state index in [1.165, 1.54) is 0 Å². The Bertz CT molecular complexity index is 827. The van der Waals surface area contributed by atoms with Gasteiger partial charge in [0.2, 0.25) is 5.91 Å². The highest BCUT2D eigenvalue weighted by Crippen LogP contribution is 2.13. The van der Waals surface area contributed by atoms with Crippen molar-refractivity contribution in [3.8, 4) is 0 Å². The highest BCUT2D eigenvalue weighted by Gasteiger charge is 2.15. The molecule has 8 nitrogen and oxygen atoms in total. The van der Waals surface area contributed by atoms with E-state index < -0.39 is 0 Å². The average Bonchev–Trinajstić information content (AvgIpc) is 3.08. The van der Waals surface area contributed by atoms with Crippen molar-refractivity contribution in [1.82, 2.24) is 20.0 Å². The maximum Gasteiger partial charge on any atom is 0.269 e. The number of ether oxygens (including phenoxy) is 1. The third-order valence-electron chi connectivity index (χ3n) is 4.56. The van der Waals surface area contributed by atoms with Crippen LogP contribution in [-0.4, -0.2) is 59.3 Å². The number of aromatic nitrogens is 2. The molecule has 0 aliphatic carbocycles. The summed E-state index contributed by atoms with van der Waals surface area (Å²) in [5.41, 5.74) is 3.08. The Labute approximate surface area is 164 Å². The van der Waals surface area contributed by atoms with Gasteiger partial charge in [0.1, 0.15) is 5.69 Å². The highest BCUT2D eigenvalue weighted by atomic mass is 16.5. The zero-order valence-electron chi connectivity index (χ0n) is 16.4. The Balaban J connectivity index is 1.51. The molecular weight excluding hydrogens is 358 g/mol. The first kappa shape index (κ1) is 20.0. The zero-order chi connectivity index (χ0) is 19.9. The molecule has 1 aromatic carbocycles. The van der Waals surface area contributed by atoms with Gasteiger partial charge >= 0.3 is 0 Å². The monoisotopic (exact) mass is 385 g/mol. The van der Waals surface area contributed by atoms with Gasteiger partial charge in [-0.2, -0.15) is 5.10 Å². The molecule has 0 radical (unpaired) electrons. The molecule has 28 heavy (non-hydrogen) atoms. The number of benzene rings is 1. The first-order valence-electron chi connectivity index (χ1n) is 9.56. The second-order valence-corrected chi connectivity index (χ2v) is 6.81. The van der Waals surface area contributed by atoms with Gasteiger partial charge in [0, 0.05) is 31.9 Å². The summed E-state index contributed by atoms with van der Waals surface area (Å²) in [5, 5.41) is 9.74. The molecule has 2 amide bonds. The normalized spacial score (nSPS) is 14.6. The maximum absolute atomic E-state index is 12.3. The summed E-state index contributed by atoms with van der Waals surface area (Å²) in [7, 11) is 0. The topological polar surface area (TPSA) is 88.5 Å². The van der Waals surface area contributed by atoms with Crippen molar-refractivity contribution < 1.29 is 14.3 Å². The van der Waals surface area contributed by atoms with Gasteiger partial charge in [0.25, 0.3) is 5.91 Å². The van der Waals surface area contributed by atoms with Gasteiger partial charge in [-0.05, 0) is 37.6 Å². The molecule has 1 fully saturated rings. The average molecular weight is 385 g/mol. The van der Waals surface area contributed by atoms with Crippen LogP contribution in [0.5, 0.6) is 0 Å². The molecule has 2 N–H and O–H groups in total. The van der Waals surface area contributed by atoms with E-state index in [2.05, 4.69) is 20.6 Å². The molecule has 0 atom stereocenters. The van der Waals surface area contributed by atoms with Crippen molar-refractivity contribution in [2.45, 2.75) is 26.9 Å². The molecule has 0 spiro atoms. The Morgan fingerprint density at radius 3 is 2.75 bits per heavy atom. The van der Waals surface area contributed by atoms with E-state index in [1.54, 1.807) is 10.7 Å². The molecule has 150 valence electrons. The number of carbonyl (C=O) groups excluding carboxylic acids is 2. The lowest BCUT2D eigenvalue weighted by atomic mass is 10.2. The Morgan fingerprint density at radius 1 is 1.21 bits per heavy atom. The molecule has 1 aromatic heterocycles. The smallest absolute Gasteiger partial charge is 0.269 e. The number of carbonyl (C=O) groups is 2. The predicted octanol–water partition coefficient (Wildman–Crippen LogP) is 1.41. The van der Waals surface area contributed by atoms with Crippen LogP contribution in [0.4, 0.5) is 5.69 Å². The summed E-state index contributed by atoms with van der Waals surface area (Å²) >= 11 is 0. The van der Waals surface area contributed by atoms with Gasteiger partial charge in [-0.1, -0.05) is 12.1 Å². The molecule has 2 heterocycles. The fraction of sp³-hybridized carbons (Fsp3) is 0.450. The number of hydrogen-bond acceptors (Lipinski definition) is 5. The Kier molecular flexibility index (Phi) is 6.78. The number of amides is 2. The van der Waals surface area contributed by atoms with Crippen molar-refractivity contribution in [1.29, 1.82) is 0 Å². The molecule has 3 rings (SSSR count). The largest absolute Gasteiger partial charge is 0.379 e. The molecular formula is C20H27N5O3. The molecule has 2 aromatic rings. The van der Waals surface area contributed by atoms with E-state index >= 15 is 0 Å². The molecule has 8 heteroatoms. The second kappa shape index (κ2) is 9.48. The van der Waals surface area contributed by atoms with Crippen LogP contribution in [0.3, 0.4) is 0 Å². The van der Waals surface area contributed by atoms with Crippen molar-refractivity contribution in [3.05, 3.63) is 47.3 Å². The van der Waals surface area contributed by atoms with Gasteiger partial charge in [-0.3, -0.25) is 19.2 Å². The van der Waals surface area contributed by atoms with Crippen molar-refractivity contribution in [2.75, 3.05) is 38.2 Å². The van der Waals surface area contributed by atoms with Gasteiger partial charge in [-0.15, -0.1) is 0 Å². The third-order valence-corrected chi connectivity index (χ3v) is 4.56. The lowest BCUT2D eigenvalue weighted by Gasteiger charge is -2.26. The van der Waals surface area contributed by atoms with Crippen LogP contribution in [0.15, 0.2) is 30.3 Å². The third kappa shape index (κ3) is 5.40. The number of aryl methyl sites for hydroxylation is 2. The maximum atomic E-state index is 12.3. The standard InChI is InChI=1S/C20H27N5O3/c1-3-25-18(11-15(2)23-25)20(27)21-13-19(26)22-17-6-4-5-16(12-17)14-24-7-9-28-10-8-24/h4-6,11-12H,3,7-10,13-14H2,1-2H3,(H,21,27)(H,22,26). The van der Waals surface area contributed by atoms with Crippen molar-refractivity contribution in [2.24, 2.45) is 0 Å². The fourth-order valence-electron chi connectivity index (χ4n) is 3.19. The Morgan fingerprint density at radius 2 is 2.00 bits per heavy atom. The van der Waals surface area contributed by atoms with E-state index in [0.717, 1.165) is 49.8 Å². The first-order valence-corrected chi connectivity index (χ1v) is 9.56. The molecule has 0 bridgehead atoms. The first-order chi connectivity index (χ1) is 13.5. The minimum Gasteiger partial charge on any atom is -0.379 e. The molecule has 1 saturated heterocycles. The summed E-state index contributed by atoms with van der Waals surface area (Å²) in [5.74, 6) is -0.574. The van der Waals surface area contributed by atoms with Crippen LogP contribution < -0.4 is 10.6 Å². The quantitative estimate of drug-likeness (QED) is 0.752. The van der Waals surface area contributed by atoms with Gasteiger partial charge in [0.05, 0.1) is 25.5 Å². The molecule has 0 saturated carbocycles. The summed E-state index contributed by atoms with van der Waals surface area (Å²) in [4.78, 5) is 26.9. The molecule has 0 unspecified atom stereocenters. The number of morpholine rings is 1. The van der Waals surface area contributed by atoms with Crippen LogP contribution in [0, 0.1) is 6.92 Å². The minimum atomic E-state index is -0.307. The zero-order valence-corrected chi connectivity index (χ0v) is 16.4. The van der Waals surface area contributed by atoms with E-state index in [0.29, 0.717) is 12.2 Å². The van der Waals surface area contributed by atoms with E-state index in [4.69, 9.17) is 4.74 Å². The lowest BCUT2D eigenvalue weighted by Crippen LogP contribution is -2.35. The second-order valence-electron chi connectivity index (χ2n) is 6.81. The van der Waals surface area contributed by atoms with Crippen LogP contribution in [0.1, 0.15) is 28.7 Å². The van der Waals surface area contributed by atoms with Crippen LogP contribution in [0.25, 0.3) is 0 Å². The van der Waals surface area contributed by atoms with E-state index in [1.807, 2.05) is 38.1 Å². The minimum absolute atomic E-state index is 0.0968. The highest BCUT2D eigenvalue weighted by molar-refractivity contribution is 5.98. The van der Waals surface area contributed by atoms with Crippen molar-refractivity contribution in [3.63, 3.8) is 0 Å². The van der Waals surface area contributed by atoms with Crippen molar-refractivity contribution >= 4 is 17.5 Å². The summed E-state index contributed by atoms with van der Waals surface area (Å²) < 4.78 is 6.99. The lowest BCUT2D eigenvalue weighted by molar-refractivity contribution is -0.115. The summed E-state index contributed by atoms with van der Waals surface area (Å²) in [6.45, 7) is 8.41. The molecule has 1 aliphatic rings. The van der Waals surface area contributed by atoms with Gasteiger partial charge < -0.3 is 15.4 Å². The number of nitrogens with one attached hydrogen (secondary N) is 2. The van der Waals surface area contributed by atoms with Crippen LogP contribution in [0.2, 0.25) is 0 Å². The van der Waals surface area contributed by atoms with Crippen LogP contribution in [-0.2, 0) is 22.6 Å².